The van der Waals surface area contributed by atoms with Crippen molar-refractivity contribution in [2.45, 2.75) is 39.3 Å². The standard InChI is InChI=1S/C22H24N4O/c1-14-12-21(27)25-20-11-7-10-18(22(20)24-14)19-13-23-26(16(19)3)15(2)17-8-5-4-6-9-17/h4-11,13-15,24H,12H2,1-3H3,(H,25,27). The van der Waals surface area contributed by atoms with Crippen LogP contribution in [0.25, 0.3) is 11.1 Å². The second-order valence-corrected chi connectivity index (χ2v) is 7.20. The maximum absolute atomic E-state index is 12.1. The quantitative estimate of drug-likeness (QED) is 0.717. The summed E-state index contributed by atoms with van der Waals surface area (Å²) in [6.07, 6.45) is 2.38. The normalized spacial score (nSPS) is 17.4. The van der Waals surface area contributed by atoms with E-state index in [1.165, 1.54) is 5.56 Å². The van der Waals surface area contributed by atoms with Gasteiger partial charge in [0, 0.05) is 29.3 Å². The van der Waals surface area contributed by atoms with Gasteiger partial charge in [0.2, 0.25) is 5.91 Å². The third-order valence-electron chi connectivity index (χ3n) is 5.20. The number of hydrogen-bond acceptors (Lipinski definition) is 3. The van der Waals surface area contributed by atoms with Gasteiger partial charge < -0.3 is 10.6 Å². The van der Waals surface area contributed by atoms with Crippen LogP contribution in [0.3, 0.4) is 0 Å². The van der Waals surface area contributed by atoms with E-state index < -0.39 is 0 Å². The number of amides is 1. The number of anilines is 2. The van der Waals surface area contributed by atoms with Crippen molar-refractivity contribution in [2.24, 2.45) is 0 Å². The van der Waals surface area contributed by atoms with Crippen molar-refractivity contribution in [3.8, 4) is 11.1 Å². The number of fused-ring (bicyclic) bond motifs is 1. The number of nitrogens with zero attached hydrogens (tertiary/aromatic N) is 2. The fraction of sp³-hybridized carbons (Fsp3) is 0.273. The van der Waals surface area contributed by atoms with E-state index in [0.717, 1.165) is 28.2 Å². The van der Waals surface area contributed by atoms with Crippen molar-refractivity contribution in [1.29, 1.82) is 0 Å². The summed E-state index contributed by atoms with van der Waals surface area (Å²) < 4.78 is 2.06. The van der Waals surface area contributed by atoms with Crippen LogP contribution in [0.5, 0.6) is 0 Å². The minimum atomic E-state index is 0.0380. The molecule has 2 aromatic carbocycles. The first-order valence-corrected chi connectivity index (χ1v) is 9.33. The Balaban J connectivity index is 1.77. The fourth-order valence-corrected chi connectivity index (χ4v) is 3.76. The largest absolute Gasteiger partial charge is 0.380 e. The molecule has 0 spiro atoms. The van der Waals surface area contributed by atoms with Gasteiger partial charge in [-0.15, -0.1) is 0 Å². The van der Waals surface area contributed by atoms with Gasteiger partial charge in [-0.1, -0.05) is 42.5 Å². The molecule has 0 fully saturated rings. The number of para-hydroxylation sites is 1. The van der Waals surface area contributed by atoms with Crippen LogP contribution in [0.15, 0.2) is 54.7 Å². The van der Waals surface area contributed by atoms with E-state index in [1.54, 1.807) is 0 Å². The summed E-state index contributed by atoms with van der Waals surface area (Å²) in [5.74, 6) is 0.0380. The van der Waals surface area contributed by atoms with Gasteiger partial charge >= 0.3 is 0 Å². The molecule has 5 nitrogen and oxygen atoms in total. The van der Waals surface area contributed by atoms with Crippen molar-refractivity contribution in [2.75, 3.05) is 10.6 Å². The number of benzene rings is 2. The molecule has 5 heteroatoms. The number of rotatable bonds is 3. The number of aromatic nitrogens is 2. The molecule has 2 atom stereocenters. The van der Waals surface area contributed by atoms with Crippen molar-refractivity contribution < 1.29 is 4.79 Å². The predicted molar refractivity (Wildman–Crippen MR) is 109 cm³/mol. The highest BCUT2D eigenvalue weighted by molar-refractivity contribution is 6.00. The topological polar surface area (TPSA) is 59.0 Å². The minimum Gasteiger partial charge on any atom is -0.380 e. The van der Waals surface area contributed by atoms with Crippen LogP contribution >= 0.6 is 0 Å². The summed E-state index contributed by atoms with van der Waals surface area (Å²) in [6, 6.07) is 16.6. The molecule has 2 heterocycles. The molecule has 0 saturated heterocycles. The highest BCUT2D eigenvalue weighted by Gasteiger charge is 2.22. The van der Waals surface area contributed by atoms with Gasteiger partial charge in [-0.05, 0) is 32.4 Å². The van der Waals surface area contributed by atoms with Gasteiger partial charge in [-0.2, -0.15) is 5.10 Å². The molecule has 0 saturated carbocycles. The first kappa shape index (κ1) is 17.3. The Bertz CT molecular complexity index is 977. The van der Waals surface area contributed by atoms with Crippen LogP contribution in [-0.2, 0) is 4.79 Å². The number of carbonyl (C=O) groups excluding carboxylic acids is 1. The molecule has 3 aromatic rings. The lowest BCUT2D eigenvalue weighted by Crippen LogP contribution is -2.19. The molecule has 0 aliphatic carbocycles. The fourth-order valence-electron chi connectivity index (χ4n) is 3.76. The monoisotopic (exact) mass is 360 g/mol. The Kier molecular flexibility index (Phi) is 4.44. The van der Waals surface area contributed by atoms with Crippen LogP contribution in [-0.4, -0.2) is 21.7 Å². The highest BCUT2D eigenvalue weighted by atomic mass is 16.1. The van der Waals surface area contributed by atoms with E-state index >= 15 is 0 Å². The first-order valence-electron chi connectivity index (χ1n) is 9.33. The second kappa shape index (κ2) is 6.91. The summed E-state index contributed by atoms with van der Waals surface area (Å²) in [4.78, 5) is 12.1. The SMILES string of the molecule is Cc1c(-c2cccc3c2NC(C)CC(=O)N3)cnn1C(C)c1ccccc1. The van der Waals surface area contributed by atoms with Crippen molar-refractivity contribution in [3.63, 3.8) is 0 Å². The summed E-state index contributed by atoms with van der Waals surface area (Å²) in [7, 11) is 0. The first-order chi connectivity index (χ1) is 13.0. The Morgan fingerprint density at radius 1 is 1.11 bits per heavy atom. The van der Waals surface area contributed by atoms with E-state index in [0.29, 0.717) is 6.42 Å². The third-order valence-corrected chi connectivity index (χ3v) is 5.20. The maximum atomic E-state index is 12.1. The van der Waals surface area contributed by atoms with Gasteiger partial charge in [0.15, 0.2) is 0 Å². The van der Waals surface area contributed by atoms with Crippen LogP contribution in [0.1, 0.15) is 37.6 Å². The molecule has 0 bridgehead atoms. The Morgan fingerprint density at radius 2 is 1.89 bits per heavy atom. The molecular weight excluding hydrogens is 336 g/mol. The minimum absolute atomic E-state index is 0.0380. The molecule has 1 aliphatic heterocycles. The average Bonchev–Trinajstić information content (AvgIpc) is 2.96. The number of nitrogens with one attached hydrogen (secondary N) is 2. The molecule has 4 rings (SSSR count). The summed E-state index contributed by atoms with van der Waals surface area (Å²) in [5.41, 5.74) is 6.25. The zero-order valence-electron chi connectivity index (χ0n) is 15.9. The molecule has 1 aliphatic rings. The van der Waals surface area contributed by atoms with Crippen LogP contribution in [0.2, 0.25) is 0 Å². The van der Waals surface area contributed by atoms with Gasteiger partial charge in [-0.25, -0.2) is 0 Å². The van der Waals surface area contributed by atoms with E-state index in [-0.39, 0.29) is 18.0 Å². The molecule has 2 N–H and O–H groups in total. The van der Waals surface area contributed by atoms with Crippen LogP contribution in [0.4, 0.5) is 11.4 Å². The highest BCUT2D eigenvalue weighted by Crippen LogP contribution is 2.38. The molecule has 1 amide bonds. The molecule has 0 radical (unpaired) electrons. The Morgan fingerprint density at radius 3 is 2.67 bits per heavy atom. The van der Waals surface area contributed by atoms with Crippen molar-refractivity contribution >= 4 is 17.3 Å². The van der Waals surface area contributed by atoms with E-state index in [2.05, 4.69) is 64.6 Å². The van der Waals surface area contributed by atoms with E-state index in [1.807, 2.05) is 31.3 Å². The van der Waals surface area contributed by atoms with E-state index in [9.17, 15) is 4.79 Å². The average molecular weight is 360 g/mol. The van der Waals surface area contributed by atoms with E-state index in [4.69, 9.17) is 0 Å². The summed E-state index contributed by atoms with van der Waals surface area (Å²) >= 11 is 0. The van der Waals surface area contributed by atoms with Gasteiger partial charge in [0.05, 0.1) is 23.6 Å². The zero-order chi connectivity index (χ0) is 19.0. The van der Waals surface area contributed by atoms with Gasteiger partial charge in [0.25, 0.3) is 0 Å². The predicted octanol–water partition coefficient (Wildman–Crippen LogP) is 4.61. The lowest BCUT2D eigenvalue weighted by Gasteiger charge is -2.18. The van der Waals surface area contributed by atoms with Crippen molar-refractivity contribution in [1.82, 2.24) is 9.78 Å². The second-order valence-electron chi connectivity index (χ2n) is 7.20. The van der Waals surface area contributed by atoms with Gasteiger partial charge in [0.1, 0.15) is 0 Å². The smallest absolute Gasteiger partial charge is 0.226 e. The van der Waals surface area contributed by atoms with Gasteiger partial charge in [-0.3, -0.25) is 9.48 Å². The lowest BCUT2D eigenvalue weighted by atomic mass is 10.0. The number of hydrogen-bond donors (Lipinski definition) is 2. The molecule has 2 unspecified atom stereocenters. The molecule has 138 valence electrons. The Hall–Kier alpha value is -3.08. The van der Waals surface area contributed by atoms with Crippen molar-refractivity contribution in [3.05, 3.63) is 66.0 Å². The number of carbonyl (C=O) groups is 1. The van der Waals surface area contributed by atoms with Crippen LogP contribution in [0, 0.1) is 6.92 Å². The third kappa shape index (κ3) is 3.21. The molecule has 27 heavy (non-hydrogen) atoms. The molecular formula is C22H24N4O. The Labute approximate surface area is 159 Å². The maximum Gasteiger partial charge on any atom is 0.226 e. The zero-order valence-corrected chi connectivity index (χ0v) is 15.9. The van der Waals surface area contributed by atoms with Crippen LogP contribution < -0.4 is 10.6 Å². The summed E-state index contributed by atoms with van der Waals surface area (Å²) in [6.45, 7) is 6.28. The lowest BCUT2D eigenvalue weighted by molar-refractivity contribution is -0.116. The summed E-state index contributed by atoms with van der Waals surface area (Å²) in [5, 5.41) is 11.2. The molecule has 1 aromatic heterocycles.